The molecule has 4 N–H and O–H groups in total. The van der Waals surface area contributed by atoms with E-state index >= 15 is 0 Å². The number of nitrogen functional groups attached to an aromatic ring is 1. The van der Waals surface area contributed by atoms with Gasteiger partial charge in [0.2, 0.25) is 0 Å². The van der Waals surface area contributed by atoms with Gasteiger partial charge in [-0.05, 0) is 30.3 Å². The minimum absolute atomic E-state index is 0.394. The van der Waals surface area contributed by atoms with Gasteiger partial charge in [0.25, 0.3) is 0 Å². The van der Waals surface area contributed by atoms with Gasteiger partial charge in [-0.3, -0.25) is 0 Å². The summed E-state index contributed by atoms with van der Waals surface area (Å²) >= 11 is 11.9. The summed E-state index contributed by atoms with van der Waals surface area (Å²) in [5.41, 5.74) is 7.22. The number of aromatic nitrogens is 2. The molecule has 0 spiro atoms. The number of hydrogen-bond acceptors (Lipinski definition) is 6. The fraction of sp³-hybridized carbons (Fsp3) is 0.0667. The molecule has 0 aliphatic carbocycles. The first kappa shape index (κ1) is 15.5. The number of benzene rings is 1. The molecule has 23 heavy (non-hydrogen) atoms. The average molecular weight is 350 g/mol. The molecule has 0 aliphatic rings. The molecule has 0 aliphatic heterocycles. The lowest BCUT2D eigenvalue weighted by Gasteiger charge is -2.12. The van der Waals surface area contributed by atoms with E-state index in [-0.39, 0.29) is 0 Å². The highest BCUT2D eigenvalue weighted by atomic mass is 35.5. The van der Waals surface area contributed by atoms with Crippen LogP contribution < -0.4 is 16.4 Å². The summed E-state index contributed by atoms with van der Waals surface area (Å²) in [5, 5.41) is 7.12. The molecule has 3 aromatic rings. The van der Waals surface area contributed by atoms with Crippen LogP contribution in [0.2, 0.25) is 10.0 Å². The van der Waals surface area contributed by atoms with Crippen LogP contribution in [0.15, 0.2) is 47.3 Å². The first-order valence-electron chi connectivity index (χ1n) is 6.72. The van der Waals surface area contributed by atoms with Crippen LogP contribution in [0.4, 0.5) is 23.0 Å². The second kappa shape index (κ2) is 6.76. The third kappa shape index (κ3) is 3.67. The molecule has 3 rings (SSSR count). The Morgan fingerprint density at radius 2 is 1.91 bits per heavy atom. The molecule has 0 bridgehead atoms. The van der Waals surface area contributed by atoms with E-state index in [0.29, 0.717) is 33.9 Å². The number of rotatable bonds is 5. The van der Waals surface area contributed by atoms with Gasteiger partial charge in [-0.15, -0.1) is 0 Å². The number of nitrogens with two attached hydrogens (primary N) is 1. The molecular formula is C15H13Cl2N5O. The number of hydrogen-bond donors (Lipinski definition) is 3. The number of nitrogens with zero attached hydrogens (tertiary/aromatic N) is 2. The molecule has 6 nitrogen and oxygen atoms in total. The minimum atomic E-state index is 0.394. The van der Waals surface area contributed by atoms with E-state index in [1.807, 2.05) is 12.1 Å². The van der Waals surface area contributed by atoms with Gasteiger partial charge in [0.15, 0.2) is 11.6 Å². The van der Waals surface area contributed by atoms with E-state index < -0.39 is 0 Å². The molecule has 0 atom stereocenters. The minimum Gasteiger partial charge on any atom is -0.467 e. The summed E-state index contributed by atoms with van der Waals surface area (Å²) in [5.74, 6) is 1.77. The number of furan rings is 1. The summed E-state index contributed by atoms with van der Waals surface area (Å²) in [7, 11) is 0. The molecule has 8 heteroatoms. The Hall–Kier alpha value is -2.44. The largest absolute Gasteiger partial charge is 0.467 e. The number of halogens is 2. The van der Waals surface area contributed by atoms with E-state index in [1.165, 1.54) is 6.33 Å². The summed E-state index contributed by atoms with van der Waals surface area (Å²) in [6, 6.07) is 8.85. The van der Waals surface area contributed by atoms with Crippen molar-refractivity contribution in [1.82, 2.24) is 9.97 Å². The fourth-order valence-corrected chi connectivity index (χ4v) is 2.23. The number of nitrogens with one attached hydrogen (secondary N) is 2. The van der Waals surface area contributed by atoms with Crippen LogP contribution in [-0.2, 0) is 6.54 Å². The zero-order chi connectivity index (χ0) is 16.2. The monoisotopic (exact) mass is 349 g/mol. The highest BCUT2D eigenvalue weighted by Crippen LogP contribution is 2.29. The van der Waals surface area contributed by atoms with Crippen LogP contribution in [0, 0.1) is 0 Å². The second-order valence-corrected chi connectivity index (χ2v) is 5.49. The Kier molecular flexibility index (Phi) is 4.55. The standard InChI is InChI=1S/C15H13Cl2N5O/c16-11-4-3-9(6-12(11)17)22-15-13(18)14(20-8-21-15)19-7-10-2-1-5-23-10/h1-6,8H,7,18H2,(H2,19,20,21,22). The molecular weight excluding hydrogens is 337 g/mol. The smallest absolute Gasteiger partial charge is 0.159 e. The molecule has 0 radical (unpaired) electrons. The summed E-state index contributed by atoms with van der Waals surface area (Å²) in [6.45, 7) is 0.473. The summed E-state index contributed by atoms with van der Waals surface area (Å²) in [6.07, 6.45) is 3.03. The zero-order valence-corrected chi connectivity index (χ0v) is 13.4. The van der Waals surface area contributed by atoms with Gasteiger partial charge < -0.3 is 20.8 Å². The SMILES string of the molecule is Nc1c(NCc2ccco2)ncnc1Nc1ccc(Cl)c(Cl)c1. The molecule has 0 unspecified atom stereocenters. The Morgan fingerprint density at radius 1 is 1.09 bits per heavy atom. The predicted molar refractivity (Wildman–Crippen MR) is 92.2 cm³/mol. The lowest BCUT2D eigenvalue weighted by Crippen LogP contribution is -2.07. The molecule has 118 valence electrons. The molecule has 1 aromatic carbocycles. The average Bonchev–Trinajstić information content (AvgIpc) is 3.05. The number of anilines is 4. The van der Waals surface area contributed by atoms with Crippen LogP contribution >= 0.6 is 23.2 Å². The van der Waals surface area contributed by atoms with Crippen molar-refractivity contribution in [2.45, 2.75) is 6.54 Å². The summed E-state index contributed by atoms with van der Waals surface area (Å²) < 4.78 is 5.26. The zero-order valence-electron chi connectivity index (χ0n) is 11.9. The van der Waals surface area contributed by atoms with Crippen molar-refractivity contribution < 1.29 is 4.42 Å². The van der Waals surface area contributed by atoms with Crippen LogP contribution in [0.1, 0.15) is 5.76 Å². The lowest BCUT2D eigenvalue weighted by molar-refractivity contribution is 0.518. The maximum Gasteiger partial charge on any atom is 0.159 e. The molecule has 0 saturated heterocycles. The summed E-state index contributed by atoms with van der Waals surface area (Å²) in [4.78, 5) is 8.28. The van der Waals surface area contributed by atoms with E-state index in [0.717, 1.165) is 11.4 Å². The highest BCUT2D eigenvalue weighted by molar-refractivity contribution is 6.42. The van der Waals surface area contributed by atoms with Gasteiger partial charge >= 0.3 is 0 Å². The van der Waals surface area contributed by atoms with Gasteiger partial charge in [0, 0.05) is 5.69 Å². The third-order valence-corrected chi connectivity index (χ3v) is 3.82. The molecule has 0 saturated carbocycles. The van der Waals surface area contributed by atoms with E-state index in [1.54, 1.807) is 24.5 Å². The van der Waals surface area contributed by atoms with Crippen molar-refractivity contribution in [1.29, 1.82) is 0 Å². The Labute approximate surface area is 142 Å². The quantitative estimate of drug-likeness (QED) is 0.635. The normalized spacial score (nSPS) is 10.5. The van der Waals surface area contributed by atoms with E-state index in [4.69, 9.17) is 33.4 Å². The topological polar surface area (TPSA) is 89.0 Å². The Bertz CT molecular complexity index is 808. The third-order valence-electron chi connectivity index (χ3n) is 3.08. The van der Waals surface area contributed by atoms with Crippen molar-refractivity contribution >= 4 is 46.2 Å². The van der Waals surface area contributed by atoms with Gasteiger partial charge in [0.1, 0.15) is 17.8 Å². The first-order chi connectivity index (χ1) is 11.1. The highest BCUT2D eigenvalue weighted by Gasteiger charge is 2.09. The van der Waals surface area contributed by atoms with Crippen molar-refractivity contribution in [3.05, 3.63) is 58.7 Å². The Balaban J connectivity index is 1.77. The van der Waals surface area contributed by atoms with Crippen LogP contribution in [0.25, 0.3) is 0 Å². The fourth-order valence-electron chi connectivity index (χ4n) is 1.93. The van der Waals surface area contributed by atoms with Crippen molar-refractivity contribution in [3.63, 3.8) is 0 Å². The molecule has 2 aromatic heterocycles. The van der Waals surface area contributed by atoms with Gasteiger partial charge in [-0.2, -0.15) is 0 Å². The molecule has 2 heterocycles. The Morgan fingerprint density at radius 3 is 2.65 bits per heavy atom. The van der Waals surface area contributed by atoms with Crippen molar-refractivity contribution in [2.75, 3.05) is 16.4 Å². The van der Waals surface area contributed by atoms with Crippen LogP contribution in [0.5, 0.6) is 0 Å². The van der Waals surface area contributed by atoms with Gasteiger partial charge in [-0.25, -0.2) is 9.97 Å². The predicted octanol–water partition coefficient (Wildman–Crippen LogP) is 4.31. The maximum absolute atomic E-state index is 6.10. The van der Waals surface area contributed by atoms with Gasteiger partial charge in [0.05, 0.1) is 22.9 Å². The molecule has 0 fully saturated rings. The molecule has 0 amide bonds. The van der Waals surface area contributed by atoms with Crippen LogP contribution in [0.3, 0.4) is 0 Å². The maximum atomic E-state index is 6.10. The van der Waals surface area contributed by atoms with Crippen molar-refractivity contribution in [3.8, 4) is 0 Å². The second-order valence-electron chi connectivity index (χ2n) is 4.67. The van der Waals surface area contributed by atoms with E-state index in [9.17, 15) is 0 Å². The first-order valence-corrected chi connectivity index (χ1v) is 7.48. The lowest BCUT2D eigenvalue weighted by atomic mass is 10.3. The van der Waals surface area contributed by atoms with Gasteiger partial charge in [-0.1, -0.05) is 23.2 Å². The van der Waals surface area contributed by atoms with Crippen LogP contribution in [-0.4, -0.2) is 9.97 Å². The van der Waals surface area contributed by atoms with Crippen molar-refractivity contribution in [2.24, 2.45) is 0 Å². The van der Waals surface area contributed by atoms with E-state index in [2.05, 4.69) is 20.6 Å².